The first-order valence-corrected chi connectivity index (χ1v) is 29.8. The van der Waals surface area contributed by atoms with Gasteiger partial charge in [0.2, 0.25) is 5.89 Å². The van der Waals surface area contributed by atoms with Crippen molar-refractivity contribution in [3.05, 3.63) is 239 Å². The maximum absolute atomic E-state index is 7.51. The van der Waals surface area contributed by atoms with Gasteiger partial charge >= 0.3 is 0 Å². The molecule has 6 aromatic heterocycles. The monoisotopic (exact) mass is 1100 g/mol. The van der Waals surface area contributed by atoms with E-state index in [-0.39, 0.29) is 0 Å². The van der Waals surface area contributed by atoms with Crippen molar-refractivity contribution in [1.82, 2.24) is 28.2 Å². The number of benzene rings is 11. The second-order valence-corrected chi connectivity index (χ2v) is 24.7. The molecule has 0 aliphatic carbocycles. The Morgan fingerprint density at radius 1 is 0.298 bits per heavy atom. The van der Waals surface area contributed by atoms with Crippen LogP contribution in [0.3, 0.4) is 0 Å². The number of oxazole rings is 1. The van der Waals surface area contributed by atoms with Gasteiger partial charge in [0.15, 0.2) is 5.58 Å². The van der Waals surface area contributed by atoms with Crippen LogP contribution in [-0.4, -0.2) is 28.2 Å². The van der Waals surface area contributed by atoms with Gasteiger partial charge in [0.1, 0.15) is 10.5 Å². The lowest BCUT2D eigenvalue weighted by Crippen LogP contribution is -2.16. The summed E-state index contributed by atoms with van der Waals surface area (Å²) in [6.45, 7) is 17.6. The predicted octanol–water partition coefficient (Wildman–Crippen LogP) is 20.6. The summed E-state index contributed by atoms with van der Waals surface area (Å²) >= 11 is 1.74. The van der Waals surface area contributed by atoms with Gasteiger partial charge in [-0.15, -0.1) is 11.3 Å². The fraction of sp³-hybridized carbons (Fsp3) is 0.105. The summed E-state index contributed by atoms with van der Waals surface area (Å²) in [4.78, 5) is 11.6. The Bertz CT molecular complexity index is 5200. The molecule has 17 rings (SSSR count). The highest BCUT2D eigenvalue weighted by Gasteiger charge is 2.38. The van der Waals surface area contributed by atoms with Crippen molar-refractivity contribution in [2.24, 2.45) is 0 Å². The topological polar surface area (TPSA) is 58.6 Å². The van der Waals surface area contributed by atoms with E-state index in [1.807, 2.05) is 12.1 Å². The Balaban J connectivity index is 1.28. The number of hydrogen-bond acceptors (Lipinski definition) is 4. The van der Waals surface area contributed by atoms with E-state index in [2.05, 4.69) is 256 Å². The molecule has 11 aromatic carbocycles. The number of fused-ring (bicyclic) bond motifs is 14. The fourth-order valence-electron chi connectivity index (χ4n) is 13.9. The van der Waals surface area contributed by atoms with Crippen molar-refractivity contribution >= 4 is 120 Å². The molecule has 17 aromatic rings. The normalized spacial score (nSPS) is 12.3. The van der Waals surface area contributed by atoms with E-state index in [1.165, 1.54) is 87.6 Å². The lowest BCUT2D eigenvalue weighted by Gasteiger charge is -2.29. The molecule has 0 fully saturated rings. The summed E-state index contributed by atoms with van der Waals surface area (Å²) in [6, 6.07) is 72.6. The first-order valence-electron chi connectivity index (χ1n) is 29.0. The summed E-state index contributed by atoms with van der Waals surface area (Å²) < 4.78 is 18.9. The molecule has 0 aliphatic rings. The standard InChI is InChI=1S/C76H56N6OS/c1-41-17-25-59-49(33-41)50-34-42(2)18-26-60(50)79(59)71-69(75-77-57-13-9-11-15-67(57)83-75)72(80-61-27-19-43(3)35-51(61)52-36-44(4)20-28-62(52)80)74(82-65-31-23-47(7)39-55(65)56-40-48(8)24-32-66(56)82)73(70(71)76-78-58-14-10-12-16-68(58)84-76)81-63-29-21-45(5)37-53(63)54-38-46(6)22-30-64(54)81/h9-40H,1-8H3. The lowest BCUT2D eigenvalue weighted by molar-refractivity contribution is 0.619. The third-order valence-electron chi connectivity index (χ3n) is 17.6. The van der Waals surface area contributed by atoms with Gasteiger partial charge < -0.3 is 22.7 Å². The summed E-state index contributed by atoms with van der Waals surface area (Å²) in [6.07, 6.45) is 0. The molecule has 6 heterocycles. The van der Waals surface area contributed by atoms with Gasteiger partial charge in [-0.25, -0.2) is 9.97 Å². The molecular weight excluding hydrogens is 1040 g/mol. The van der Waals surface area contributed by atoms with Crippen molar-refractivity contribution in [2.75, 3.05) is 0 Å². The van der Waals surface area contributed by atoms with Crippen LogP contribution in [0.5, 0.6) is 0 Å². The highest BCUT2D eigenvalue weighted by Crippen LogP contribution is 2.56. The zero-order valence-electron chi connectivity index (χ0n) is 48.0. The SMILES string of the molecule is Cc1ccc2c(c1)c1cc(C)ccc1n2-c1c(-c2nc3ccccc3o2)c(-n2c3ccc(C)cc3c3cc(C)ccc32)c(-n2c3ccc(C)cc3c3cc(C)ccc32)c(-n2c3ccc(C)cc3c3cc(C)ccc32)c1-c1nc2ccccc2s1. The zero-order valence-corrected chi connectivity index (χ0v) is 48.8. The Morgan fingerprint density at radius 3 is 0.964 bits per heavy atom. The largest absolute Gasteiger partial charge is 0.436 e. The molecule has 0 radical (unpaired) electrons. The molecule has 0 bridgehead atoms. The average molecular weight is 1100 g/mol. The van der Waals surface area contributed by atoms with Gasteiger partial charge in [-0.1, -0.05) is 117 Å². The molecule has 0 spiro atoms. The predicted molar refractivity (Wildman–Crippen MR) is 353 cm³/mol. The van der Waals surface area contributed by atoms with Crippen molar-refractivity contribution < 1.29 is 4.42 Å². The number of thiazole rings is 1. The van der Waals surface area contributed by atoms with Crippen molar-refractivity contribution in [2.45, 2.75) is 55.4 Å². The first kappa shape index (κ1) is 48.7. The van der Waals surface area contributed by atoms with Crippen LogP contribution in [0.15, 0.2) is 199 Å². The molecular formula is C76H56N6OS. The average Bonchev–Trinajstić information content (AvgIpc) is 1.59. The Morgan fingerprint density at radius 2 is 0.607 bits per heavy atom. The summed E-state index contributed by atoms with van der Waals surface area (Å²) in [5.41, 5.74) is 26.1. The molecule has 402 valence electrons. The van der Waals surface area contributed by atoms with Crippen LogP contribution >= 0.6 is 11.3 Å². The highest BCUT2D eigenvalue weighted by atomic mass is 32.1. The van der Waals surface area contributed by atoms with Crippen LogP contribution in [-0.2, 0) is 0 Å². The number of para-hydroxylation sites is 3. The summed E-state index contributed by atoms with van der Waals surface area (Å²) in [5, 5.41) is 10.2. The number of rotatable bonds is 6. The molecule has 0 atom stereocenters. The van der Waals surface area contributed by atoms with Crippen molar-refractivity contribution in [3.63, 3.8) is 0 Å². The molecule has 0 N–H and O–H groups in total. The molecule has 0 saturated carbocycles. The van der Waals surface area contributed by atoms with E-state index in [4.69, 9.17) is 14.4 Å². The molecule has 8 heteroatoms. The molecule has 0 aliphatic heterocycles. The number of aromatic nitrogens is 6. The van der Waals surface area contributed by atoms with Gasteiger partial charge in [0, 0.05) is 43.1 Å². The van der Waals surface area contributed by atoms with Crippen molar-refractivity contribution in [3.8, 4) is 44.8 Å². The molecule has 84 heavy (non-hydrogen) atoms. The lowest BCUT2D eigenvalue weighted by atomic mass is 9.97. The maximum atomic E-state index is 7.51. The Labute approximate surface area is 488 Å². The smallest absolute Gasteiger partial charge is 0.231 e. The van der Waals surface area contributed by atoms with E-state index >= 15 is 0 Å². The minimum Gasteiger partial charge on any atom is -0.436 e. The van der Waals surface area contributed by atoms with Gasteiger partial charge in [-0.05, 0) is 177 Å². The van der Waals surface area contributed by atoms with E-state index < -0.39 is 0 Å². The molecule has 7 nitrogen and oxygen atoms in total. The molecule has 0 saturated heterocycles. The van der Waals surface area contributed by atoms with Gasteiger partial charge in [0.25, 0.3) is 0 Å². The quantitative estimate of drug-likeness (QED) is 0.167. The first-order chi connectivity index (χ1) is 40.9. The van der Waals surface area contributed by atoms with E-state index in [0.717, 1.165) is 98.8 Å². The summed E-state index contributed by atoms with van der Waals surface area (Å²) in [5.74, 6) is 0.501. The van der Waals surface area contributed by atoms with E-state index in [1.54, 1.807) is 11.3 Å². The number of hydrogen-bond donors (Lipinski definition) is 0. The molecule has 0 amide bonds. The van der Waals surface area contributed by atoms with Crippen LogP contribution in [0.1, 0.15) is 44.5 Å². The fourth-order valence-corrected chi connectivity index (χ4v) is 14.9. The minimum absolute atomic E-state index is 0.501. The van der Waals surface area contributed by atoms with Crippen LogP contribution < -0.4 is 0 Å². The Hall–Kier alpha value is -10.0. The number of aryl methyl sites for hydroxylation is 8. The van der Waals surface area contributed by atoms with Crippen LogP contribution in [0.4, 0.5) is 0 Å². The number of nitrogens with zero attached hydrogens (tertiary/aromatic N) is 6. The maximum Gasteiger partial charge on any atom is 0.231 e. The second kappa shape index (κ2) is 17.7. The van der Waals surface area contributed by atoms with Gasteiger partial charge in [-0.2, -0.15) is 0 Å². The zero-order chi connectivity index (χ0) is 56.5. The van der Waals surface area contributed by atoms with E-state index in [9.17, 15) is 0 Å². The summed E-state index contributed by atoms with van der Waals surface area (Å²) in [7, 11) is 0. The van der Waals surface area contributed by atoms with Crippen LogP contribution in [0.25, 0.3) is 153 Å². The minimum atomic E-state index is 0.501. The van der Waals surface area contributed by atoms with Crippen LogP contribution in [0.2, 0.25) is 0 Å². The van der Waals surface area contributed by atoms with Crippen LogP contribution in [0, 0.1) is 55.4 Å². The van der Waals surface area contributed by atoms with Gasteiger partial charge in [-0.3, -0.25) is 0 Å². The van der Waals surface area contributed by atoms with Crippen molar-refractivity contribution in [1.29, 1.82) is 0 Å². The van der Waals surface area contributed by atoms with E-state index in [0.29, 0.717) is 11.5 Å². The third kappa shape index (κ3) is 6.98. The highest BCUT2D eigenvalue weighted by molar-refractivity contribution is 7.21. The Kier molecular flexibility index (Phi) is 10.3. The molecule has 0 unspecified atom stereocenters. The third-order valence-corrected chi connectivity index (χ3v) is 18.7. The van der Waals surface area contributed by atoms with Gasteiger partial charge in [0.05, 0.1) is 88.2 Å². The second-order valence-electron chi connectivity index (χ2n) is 23.6.